The third kappa shape index (κ3) is 6.16. The predicted octanol–water partition coefficient (Wildman–Crippen LogP) is 3.62. The second-order valence-corrected chi connectivity index (χ2v) is 7.24. The highest BCUT2D eigenvalue weighted by Crippen LogP contribution is 2.35. The number of hydrazone groups is 1. The van der Waals surface area contributed by atoms with Gasteiger partial charge in [-0.3, -0.25) is 4.79 Å². The number of ether oxygens (including phenoxy) is 2. The van der Waals surface area contributed by atoms with Gasteiger partial charge in [0.1, 0.15) is 12.4 Å². The van der Waals surface area contributed by atoms with Gasteiger partial charge in [0.15, 0.2) is 0 Å². The quantitative estimate of drug-likeness (QED) is 0.606. The lowest BCUT2D eigenvalue weighted by Gasteiger charge is -2.36. The Morgan fingerprint density at radius 2 is 2.04 bits per heavy atom. The van der Waals surface area contributed by atoms with Crippen molar-refractivity contribution >= 4 is 12.1 Å². The number of carbonyl (C=O) groups excluding carboxylic acids is 1. The van der Waals surface area contributed by atoms with Crippen LogP contribution in [0.5, 0.6) is 5.75 Å². The van der Waals surface area contributed by atoms with E-state index in [1.54, 1.807) is 13.3 Å². The van der Waals surface area contributed by atoms with E-state index >= 15 is 0 Å². The van der Waals surface area contributed by atoms with Crippen molar-refractivity contribution in [2.24, 2.45) is 22.9 Å². The maximum absolute atomic E-state index is 12.0. The highest BCUT2D eigenvalue weighted by molar-refractivity contribution is 5.82. The summed E-state index contributed by atoms with van der Waals surface area (Å²) in [5.41, 5.74) is 3.42. The van der Waals surface area contributed by atoms with E-state index in [2.05, 4.69) is 31.3 Å². The minimum Gasteiger partial charge on any atom is -0.497 e. The highest BCUT2D eigenvalue weighted by Gasteiger charge is 2.31. The molecule has 0 heterocycles. The van der Waals surface area contributed by atoms with Gasteiger partial charge in [-0.1, -0.05) is 27.2 Å². The van der Waals surface area contributed by atoms with E-state index in [9.17, 15) is 4.79 Å². The van der Waals surface area contributed by atoms with E-state index in [1.165, 1.54) is 12.8 Å². The van der Waals surface area contributed by atoms with Crippen molar-refractivity contribution in [2.75, 3.05) is 13.7 Å². The van der Waals surface area contributed by atoms with Crippen LogP contribution in [0.3, 0.4) is 0 Å². The summed E-state index contributed by atoms with van der Waals surface area (Å²) in [5.74, 6) is 2.35. The predicted molar refractivity (Wildman–Crippen MR) is 99.8 cm³/mol. The van der Waals surface area contributed by atoms with Gasteiger partial charge in [-0.05, 0) is 60.4 Å². The number of nitrogens with one attached hydrogen (secondary N) is 1. The van der Waals surface area contributed by atoms with Gasteiger partial charge in [-0.15, -0.1) is 0 Å². The molecule has 138 valence electrons. The van der Waals surface area contributed by atoms with Crippen LogP contribution in [0.1, 0.15) is 45.6 Å². The number of hydrogen-bond donors (Lipinski definition) is 1. The first-order valence-corrected chi connectivity index (χ1v) is 9.07. The Morgan fingerprint density at radius 1 is 1.32 bits per heavy atom. The Labute approximate surface area is 150 Å². The number of hydrogen-bond acceptors (Lipinski definition) is 4. The fraction of sp³-hybridized carbons (Fsp3) is 0.600. The number of benzene rings is 1. The number of methoxy groups -OCH3 is 1. The van der Waals surface area contributed by atoms with E-state index in [-0.39, 0.29) is 18.6 Å². The van der Waals surface area contributed by atoms with Crippen LogP contribution in [0.4, 0.5) is 0 Å². The molecule has 0 saturated heterocycles. The van der Waals surface area contributed by atoms with Gasteiger partial charge in [0, 0.05) is 0 Å². The van der Waals surface area contributed by atoms with Gasteiger partial charge >= 0.3 is 0 Å². The Morgan fingerprint density at radius 3 is 2.68 bits per heavy atom. The van der Waals surface area contributed by atoms with Crippen molar-refractivity contribution in [2.45, 2.75) is 46.1 Å². The molecule has 1 aromatic carbocycles. The zero-order valence-electron chi connectivity index (χ0n) is 15.7. The van der Waals surface area contributed by atoms with Gasteiger partial charge in [0.25, 0.3) is 5.91 Å². The minimum atomic E-state index is -0.217. The fourth-order valence-electron chi connectivity index (χ4n) is 3.39. The summed E-state index contributed by atoms with van der Waals surface area (Å²) in [6, 6.07) is 7.45. The van der Waals surface area contributed by atoms with Gasteiger partial charge < -0.3 is 9.47 Å². The molecule has 0 spiro atoms. The summed E-state index contributed by atoms with van der Waals surface area (Å²) in [5, 5.41) is 3.98. The topological polar surface area (TPSA) is 59.9 Å². The Hall–Kier alpha value is -1.88. The molecule has 1 saturated carbocycles. The molecule has 1 aliphatic carbocycles. The molecule has 25 heavy (non-hydrogen) atoms. The lowest BCUT2D eigenvalue weighted by molar-refractivity contribution is -0.131. The average Bonchev–Trinajstić information content (AvgIpc) is 2.60. The third-order valence-electron chi connectivity index (χ3n) is 4.91. The van der Waals surface area contributed by atoms with Crippen LogP contribution < -0.4 is 10.2 Å². The summed E-state index contributed by atoms with van der Waals surface area (Å²) in [6.07, 6.45) is 5.24. The number of rotatable bonds is 7. The Balaban J connectivity index is 1.78. The van der Waals surface area contributed by atoms with E-state index in [4.69, 9.17) is 9.47 Å². The summed E-state index contributed by atoms with van der Waals surface area (Å²) < 4.78 is 11.0. The molecule has 2 rings (SSSR count). The van der Waals surface area contributed by atoms with E-state index in [0.717, 1.165) is 17.7 Å². The van der Waals surface area contributed by atoms with Crippen LogP contribution in [0.2, 0.25) is 0 Å². The summed E-state index contributed by atoms with van der Waals surface area (Å²) >= 11 is 0. The van der Waals surface area contributed by atoms with E-state index < -0.39 is 0 Å². The van der Waals surface area contributed by atoms with Gasteiger partial charge in [-0.2, -0.15) is 5.10 Å². The maximum Gasteiger partial charge on any atom is 0.266 e. The highest BCUT2D eigenvalue weighted by atomic mass is 16.5. The SMILES string of the molecule is COc1ccc(C=NNC(=O)CO[C@H]2C[C@@H](C)CC[C@H]2C(C)C)cc1. The molecule has 0 bridgehead atoms. The molecule has 0 radical (unpaired) electrons. The monoisotopic (exact) mass is 346 g/mol. The van der Waals surface area contributed by atoms with Crippen LogP contribution >= 0.6 is 0 Å². The first-order valence-electron chi connectivity index (χ1n) is 9.07. The second kappa shape index (κ2) is 9.56. The molecule has 0 aliphatic heterocycles. The number of amides is 1. The summed E-state index contributed by atoms with van der Waals surface area (Å²) in [6.45, 7) is 6.78. The van der Waals surface area contributed by atoms with Gasteiger partial charge in [0.2, 0.25) is 0 Å². The fourth-order valence-corrected chi connectivity index (χ4v) is 3.39. The van der Waals surface area contributed by atoms with Crippen LogP contribution in [-0.4, -0.2) is 31.9 Å². The zero-order chi connectivity index (χ0) is 18.2. The standard InChI is InChI=1S/C20H30N2O3/c1-14(2)18-10-5-15(3)11-19(18)25-13-20(23)22-21-12-16-6-8-17(24-4)9-7-16/h6-9,12,14-15,18-19H,5,10-11,13H2,1-4H3,(H,22,23)/t15-,18-,19-/m0/s1. The Bertz CT molecular complexity index is 569. The molecule has 1 fully saturated rings. The van der Waals surface area contributed by atoms with Crippen LogP contribution in [0, 0.1) is 17.8 Å². The molecule has 5 heteroatoms. The molecular formula is C20H30N2O3. The van der Waals surface area contributed by atoms with Crippen molar-refractivity contribution in [1.82, 2.24) is 5.43 Å². The molecule has 0 unspecified atom stereocenters. The first kappa shape index (κ1) is 19.4. The Kier molecular flexibility index (Phi) is 7.44. The molecular weight excluding hydrogens is 316 g/mol. The van der Waals surface area contributed by atoms with Crippen molar-refractivity contribution in [3.8, 4) is 5.75 Å². The second-order valence-electron chi connectivity index (χ2n) is 7.24. The van der Waals surface area contributed by atoms with Crippen molar-refractivity contribution in [1.29, 1.82) is 0 Å². The molecule has 1 N–H and O–H groups in total. The summed E-state index contributed by atoms with van der Waals surface area (Å²) in [7, 11) is 1.63. The van der Waals surface area contributed by atoms with E-state index in [0.29, 0.717) is 17.8 Å². The van der Waals surface area contributed by atoms with Crippen LogP contribution in [0.15, 0.2) is 29.4 Å². The summed E-state index contributed by atoms with van der Waals surface area (Å²) in [4.78, 5) is 12.0. The molecule has 5 nitrogen and oxygen atoms in total. The maximum atomic E-state index is 12.0. The van der Waals surface area contributed by atoms with Gasteiger partial charge in [-0.25, -0.2) is 5.43 Å². The third-order valence-corrected chi connectivity index (χ3v) is 4.91. The smallest absolute Gasteiger partial charge is 0.266 e. The number of carbonyl (C=O) groups is 1. The lowest BCUT2D eigenvalue weighted by atomic mass is 9.75. The first-order chi connectivity index (χ1) is 12.0. The van der Waals surface area contributed by atoms with Gasteiger partial charge in [0.05, 0.1) is 19.4 Å². The number of nitrogens with zero attached hydrogens (tertiary/aromatic N) is 1. The molecule has 1 aliphatic rings. The normalized spacial score (nSPS) is 23.8. The minimum absolute atomic E-state index is 0.0561. The van der Waals surface area contributed by atoms with E-state index in [1.807, 2.05) is 24.3 Å². The molecule has 3 atom stereocenters. The largest absolute Gasteiger partial charge is 0.497 e. The lowest BCUT2D eigenvalue weighted by Crippen LogP contribution is -2.36. The molecule has 1 amide bonds. The average molecular weight is 346 g/mol. The zero-order valence-corrected chi connectivity index (χ0v) is 15.7. The van der Waals surface area contributed by atoms with Crippen LogP contribution in [0.25, 0.3) is 0 Å². The van der Waals surface area contributed by atoms with Crippen molar-refractivity contribution in [3.63, 3.8) is 0 Å². The van der Waals surface area contributed by atoms with Crippen LogP contribution in [-0.2, 0) is 9.53 Å². The molecule has 1 aromatic rings. The molecule has 0 aromatic heterocycles. The van der Waals surface area contributed by atoms with Crippen molar-refractivity contribution in [3.05, 3.63) is 29.8 Å². The van der Waals surface area contributed by atoms with Crippen molar-refractivity contribution < 1.29 is 14.3 Å².